The number of carbonyl (C=O) groups excluding carboxylic acids is 3. The van der Waals surface area contributed by atoms with Gasteiger partial charge in [-0.3, -0.25) is 19.3 Å². The Hall–Kier alpha value is -3.81. The molecule has 0 aromatic heterocycles. The molecular weight excluding hydrogens is 410 g/mol. The van der Waals surface area contributed by atoms with Gasteiger partial charge in [-0.2, -0.15) is 0 Å². The lowest BCUT2D eigenvalue weighted by molar-refractivity contribution is -0.121. The maximum atomic E-state index is 13.6. The predicted molar refractivity (Wildman–Crippen MR) is 119 cm³/mol. The third-order valence-electron chi connectivity index (χ3n) is 5.73. The van der Waals surface area contributed by atoms with E-state index in [1.807, 2.05) is 0 Å². The fraction of sp³-hybridized carbons (Fsp3) is 0.292. The number of ether oxygens (including phenoxy) is 2. The summed E-state index contributed by atoms with van der Waals surface area (Å²) >= 11 is 0. The fourth-order valence-electron chi connectivity index (χ4n) is 4.34. The van der Waals surface area contributed by atoms with Crippen LogP contribution in [0.3, 0.4) is 0 Å². The lowest BCUT2D eigenvalue weighted by Crippen LogP contribution is -2.48. The van der Waals surface area contributed by atoms with Crippen LogP contribution in [0.4, 0.5) is 5.69 Å². The molecule has 0 bridgehead atoms. The first-order valence-electron chi connectivity index (χ1n) is 10.4. The first-order chi connectivity index (χ1) is 15.5. The number of rotatable bonds is 8. The molecule has 4 rings (SSSR count). The van der Waals surface area contributed by atoms with Crippen molar-refractivity contribution in [3.8, 4) is 11.5 Å². The number of amides is 3. The molecule has 1 atom stereocenters. The number of hydrogen-bond donors (Lipinski definition) is 1. The van der Waals surface area contributed by atoms with Crippen LogP contribution < -0.4 is 19.7 Å². The molecule has 0 aliphatic carbocycles. The minimum atomic E-state index is -0.615. The van der Waals surface area contributed by atoms with Crippen molar-refractivity contribution in [3.05, 3.63) is 65.7 Å². The molecule has 0 radical (unpaired) electrons. The number of methoxy groups -OCH3 is 2. The second kappa shape index (κ2) is 8.74. The third-order valence-corrected chi connectivity index (χ3v) is 5.73. The molecule has 2 aromatic rings. The highest BCUT2D eigenvalue weighted by molar-refractivity contribution is 6.18. The number of nitrogens with one attached hydrogen (secondary N) is 1. The van der Waals surface area contributed by atoms with Gasteiger partial charge in [0.15, 0.2) is 11.5 Å². The van der Waals surface area contributed by atoms with Crippen LogP contribution in [0.2, 0.25) is 0 Å². The van der Waals surface area contributed by atoms with E-state index >= 15 is 0 Å². The van der Waals surface area contributed by atoms with Crippen LogP contribution in [0.15, 0.2) is 49.1 Å². The number of nitrogens with zero attached hydrogens (tertiary/aromatic N) is 2. The number of hydrogen-bond acceptors (Lipinski definition) is 5. The Labute approximate surface area is 186 Å². The molecule has 8 nitrogen and oxygen atoms in total. The molecule has 2 aliphatic rings. The average molecular weight is 435 g/mol. The van der Waals surface area contributed by atoms with Crippen LogP contribution in [-0.4, -0.2) is 49.9 Å². The van der Waals surface area contributed by atoms with Crippen LogP contribution in [0.25, 0.3) is 0 Å². The number of carbonyl (C=O) groups is 3. The van der Waals surface area contributed by atoms with Gasteiger partial charge in [-0.25, -0.2) is 0 Å². The Morgan fingerprint density at radius 3 is 2.62 bits per heavy atom. The number of anilines is 1. The second-order valence-electron chi connectivity index (χ2n) is 7.53. The summed E-state index contributed by atoms with van der Waals surface area (Å²) in [6, 6.07) is 10.6. The summed E-state index contributed by atoms with van der Waals surface area (Å²) in [5.74, 6) is 0.252. The van der Waals surface area contributed by atoms with Gasteiger partial charge in [0.2, 0.25) is 5.91 Å². The van der Waals surface area contributed by atoms with E-state index in [4.69, 9.17) is 9.47 Å². The summed E-state index contributed by atoms with van der Waals surface area (Å²) in [5, 5.41) is 2.74. The van der Waals surface area contributed by atoms with Crippen molar-refractivity contribution in [2.75, 3.05) is 32.2 Å². The Morgan fingerprint density at radius 1 is 1.12 bits per heavy atom. The van der Waals surface area contributed by atoms with Gasteiger partial charge in [0.05, 0.1) is 31.0 Å². The van der Waals surface area contributed by atoms with Crippen molar-refractivity contribution in [2.45, 2.75) is 19.0 Å². The normalized spacial score (nSPS) is 16.2. The summed E-state index contributed by atoms with van der Waals surface area (Å²) in [6.07, 6.45) is 1.72. The van der Waals surface area contributed by atoms with Crippen LogP contribution in [0, 0.1) is 0 Å². The van der Waals surface area contributed by atoms with E-state index in [0.717, 1.165) is 0 Å². The van der Waals surface area contributed by atoms with Gasteiger partial charge in [-0.05, 0) is 24.6 Å². The number of fused-ring (bicyclic) bond motifs is 5. The molecule has 0 saturated carbocycles. The van der Waals surface area contributed by atoms with Gasteiger partial charge in [-0.1, -0.05) is 24.3 Å². The zero-order valence-electron chi connectivity index (χ0n) is 18.1. The maximum Gasteiger partial charge on any atom is 0.264 e. The van der Waals surface area contributed by atoms with E-state index in [1.165, 1.54) is 14.2 Å². The van der Waals surface area contributed by atoms with E-state index in [1.54, 1.807) is 52.3 Å². The summed E-state index contributed by atoms with van der Waals surface area (Å²) in [5.41, 5.74) is 2.07. The predicted octanol–water partition coefficient (Wildman–Crippen LogP) is 2.90. The zero-order valence-corrected chi connectivity index (χ0v) is 18.1. The van der Waals surface area contributed by atoms with E-state index in [0.29, 0.717) is 53.4 Å². The smallest absolute Gasteiger partial charge is 0.264 e. The molecule has 0 unspecified atom stereocenters. The van der Waals surface area contributed by atoms with E-state index in [2.05, 4.69) is 11.9 Å². The lowest BCUT2D eigenvalue weighted by atomic mass is 10.0. The largest absolute Gasteiger partial charge is 0.493 e. The van der Waals surface area contributed by atoms with Gasteiger partial charge in [-0.15, -0.1) is 6.58 Å². The number of benzene rings is 2. The molecule has 2 aromatic carbocycles. The number of para-hydroxylation sites is 1. The molecule has 0 spiro atoms. The quantitative estimate of drug-likeness (QED) is 0.644. The van der Waals surface area contributed by atoms with Crippen LogP contribution >= 0.6 is 0 Å². The minimum Gasteiger partial charge on any atom is -0.493 e. The van der Waals surface area contributed by atoms with Crippen molar-refractivity contribution in [2.24, 2.45) is 0 Å². The van der Waals surface area contributed by atoms with Crippen LogP contribution in [-0.2, 0) is 4.79 Å². The standard InChI is InChI=1S/C24H25N3O5/c1-4-13-25-19(28)10-7-14-26-22-16-11-12-18(31-2)21(32-3)20(16)24(30)27(22)17-9-6-5-8-15(17)23(26)29/h4-6,8-9,11-12,22H,1,7,10,13-14H2,2-3H3,(H,25,28)/t22-/m1/s1. The second-order valence-corrected chi connectivity index (χ2v) is 7.53. The molecule has 32 heavy (non-hydrogen) atoms. The molecule has 2 aliphatic heterocycles. The third kappa shape index (κ3) is 3.37. The van der Waals surface area contributed by atoms with Crippen molar-refractivity contribution in [3.63, 3.8) is 0 Å². The van der Waals surface area contributed by atoms with Crippen molar-refractivity contribution >= 4 is 23.4 Å². The van der Waals surface area contributed by atoms with Crippen molar-refractivity contribution < 1.29 is 23.9 Å². The first-order valence-corrected chi connectivity index (χ1v) is 10.4. The summed E-state index contributed by atoms with van der Waals surface area (Å²) in [7, 11) is 3.00. The monoisotopic (exact) mass is 435 g/mol. The Balaban J connectivity index is 1.73. The highest BCUT2D eigenvalue weighted by Crippen LogP contribution is 2.49. The van der Waals surface area contributed by atoms with Gasteiger partial charge < -0.3 is 19.7 Å². The highest BCUT2D eigenvalue weighted by atomic mass is 16.5. The zero-order chi connectivity index (χ0) is 22.8. The molecule has 8 heteroatoms. The van der Waals surface area contributed by atoms with E-state index in [9.17, 15) is 14.4 Å². The molecule has 0 saturated heterocycles. The molecular formula is C24H25N3O5. The molecule has 166 valence electrons. The van der Waals surface area contributed by atoms with Crippen molar-refractivity contribution in [1.82, 2.24) is 10.2 Å². The summed E-state index contributed by atoms with van der Waals surface area (Å²) < 4.78 is 10.9. The SMILES string of the molecule is C=CCNC(=O)CCCN1C(=O)c2ccccc2N2C(=O)c3c(ccc(OC)c3OC)[C@H]12. The van der Waals surface area contributed by atoms with Gasteiger partial charge in [0.1, 0.15) is 6.17 Å². The van der Waals surface area contributed by atoms with Gasteiger partial charge in [0, 0.05) is 25.1 Å². The van der Waals surface area contributed by atoms with Gasteiger partial charge >= 0.3 is 0 Å². The molecule has 0 fully saturated rings. The Kier molecular flexibility index (Phi) is 5.85. The highest BCUT2D eigenvalue weighted by Gasteiger charge is 2.49. The molecule has 3 amide bonds. The minimum absolute atomic E-state index is 0.110. The van der Waals surface area contributed by atoms with E-state index < -0.39 is 6.17 Å². The average Bonchev–Trinajstić information content (AvgIpc) is 3.11. The first kappa shape index (κ1) is 21.4. The van der Waals surface area contributed by atoms with Crippen LogP contribution in [0.1, 0.15) is 45.3 Å². The molecule has 1 N–H and O–H groups in total. The fourth-order valence-corrected chi connectivity index (χ4v) is 4.34. The molecule has 2 heterocycles. The topological polar surface area (TPSA) is 88.2 Å². The van der Waals surface area contributed by atoms with Gasteiger partial charge in [0.25, 0.3) is 11.8 Å². The van der Waals surface area contributed by atoms with Crippen LogP contribution in [0.5, 0.6) is 11.5 Å². The van der Waals surface area contributed by atoms with Crippen molar-refractivity contribution in [1.29, 1.82) is 0 Å². The maximum absolute atomic E-state index is 13.6. The Morgan fingerprint density at radius 2 is 1.91 bits per heavy atom. The summed E-state index contributed by atoms with van der Waals surface area (Å²) in [4.78, 5) is 42.3. The Bertz CT molecular complexity index is 1100. The lowest BCUT2D eigenvalue weighted by Gasteiger charge is -2.41. The van der Waals surface area contributed by atoms with E-state index in [-0.39, 0.29) is 24.1 Å². The summed E-state index contributed by atoms with van der Waals surface area (Å²) in [6.45, 7) is 4.30.